The van der Waals surface area contributed by atoms with Crippen LogP contribution in [0.25, 0.3) is 0 Å². The molecule has 0 radical (unpaired) electrons. The summed E-state index contributed by atoms with van der Waals surface area (Å²) < 4.78 is 5.91. The minimum absolute atomic E-state index is 0.307. The minimum atomic E-state index is 0.307. The van der Waals surface area contributed by atoms with E-state index in [0.29, 0.717) is 23.6 Å². The quantitative estimate of drug-likeness (QED) is 0.897. The molecule has 2 saturated carbocycles. The van der Waals surface area contributed by atoms with Crippen LogP contribution < -0.4 is 5.32 Å². The van der Waals surface area contributed by atoms with E-state index in [-0.39, 0.29) is 0 Å². The van der Waals surface area contributed by atoms with Crippen LogP contribution in [-0.4, -0.2) is 28.7 Å². The first-order valence-electron chi connectivity index (χ1n) is 7.81. The monoisotopic (exact) mass is 275 g/mol. The van der Waals surface area contributed by atoms with Crippen molar-refractivity contribution in [3.05, 3.63) is 23.8 Å². The van der Waals surface area contributed by atoms with Gasteiger partial charge in [-0.25, -0.2) is 9.97 Å². The maximum absolute atomic E-state index is 5.91. The Bertz CT molecular complexity index is 473. The first-order valence-corrected chi connectivity index (χ1v) is 7.81. The molecule has 1 aromatic heterocycles. The highest BCUT2D eigenvalue weighted by atomic mass is 16.5. The van der Waals surface area contributed by atoms with E-state index < -0.39 is 0 Å². The fourth-order valence-electron chi connectivity index (χ4n) is 3.89. The van der Waals surface area contributed by atoms with E-state index in [4.69, 9.17) is 4.74 Å². The zero-order valence-electron chi connectivity index (χ0n) is 12.7. The Morgan fingerprint density at radius 2 is 2.30 bits per heavy atom. The summed E-state index contributed by atoms with van der Waals surface area (Å²) in [5.74, 6) is 0. The fourth-order valence-corrected chi connectivity index (χ4v) is 3.89. The largest absolute Gasteiger partial charge is 0.378 e. The van der Waals surface area contributed by atoms with Crippen LogP contribution in [0.2, 0.25) is 0 Å². The van der Waals surface area contributed by atoms with E-state index in [0.717, 1.165) is 18.7 Å². The first-order chi connectivity index (χ1) is 9.67. The third-order valence-electron chi connectivity index (χ3n) is 5.30. The van der Waals surface area contributed by atoms with Crippen LogP contribution in [0.1, 0.15) is 56.8 Å². The summed E-state index contributed by atoms with van der Waals surface area (Å²) in [6.07, 6.45) is 9.14. The normalized spacial score (nSPS) is 28.8. The molecule has 2 fully saturated rings. The van der Waals surface area contributed by atoms with Crippen molar-refractivity contribution < 1.29 is 4.74 Å². The second-order valence-electron chi connectivity index (χ2n) is 6.27. The molecule has 3 atom stereocenters. The Hall–Kier alpha value is -1.00. The molecule has 1 aromatic rings. The molecule has 4 nitrogen and oxygen atoms in total. The van der Waals surface area contributed by atoms with Crippen molar-refractivity contribution in [1.29, 1.82) is 0 Å². The molecule has 1 N–H and O–H groups in total. The van der Waals surface area contributed by atoms with Crippen molar-refractivity contribution in [1.82, 2.24) is 15.3 Å². The summed E-state index contributed by atoms with van der Waals surface area (Å²) in [6.45, 7) is 7.20. The van der Waals surface area contributed by atoms with Gasteiger partial charge >= 0.3 is 0 Å². The van der Waals surface area contributed by atoms with Gasteiger partial charge in [-0.05, 0) is 40.0 Å². The molecular weight excluding hydrogens is 250 g/mol. The molecule has 1 heterocycles. The van der Waals surface area contributed by atoms with Crippen LogP contribution >= 0.6 is 0 Å². The summed E-state index contributed by atoms with van der Waals surface area (Å²) in [5, 5.41) is 3.79. The predicted octanol–water partition coefficient (Wildman–Crippen LogP) is 2.78. The van der Waals surface area contributed by atoms with Gasteiger partial charge in [0.2, 0.25) is 0 Å². The Kier molecular flexibility index (Phi) is 3.78. The van der Waals surface area contributed by atoms with Crippen LogP contribution in [0.3, 0.4) is 0 Å². The lowest BCUT2D eigenvalue weighted by molar-refractivity contribution is -0.174. The van der Waals surface area contributed by atoms with E-state index in [1.807, 2.05) is 6.20 Å². The van der Waals surface area contributed by atoms with E-state index in [2.05, 4.69) is 36.1 Å². The SMILES string of the molecule is CCOC1CC(NC(C)c2cncnc2C)C12CCC2. The third kappa shape index (κ3) is 2.15. The zero-order chi connectivity index (χ0) is 14.2. The Morgan fingerprint density at radius 1 is 1.50 bits per heavy atom. The topological polar surface area (TPSA) is 47.0 Å². The summed E-state index contributed by atoms with van der Waals surface area (Å²) in [7, 11) is 0. The van der Waals surface area contributed by atoms with E-state index in [9.17, 15) is 0 Å². The number of nitrogens with zero attached hydrogens (tertiary/aromatic N) is 2. The molecule has 0 bridgehead atoms. The van der Waals surface area contributed by atoms with Gasteiger partial charge < -0.3 is 10.1 Å². The molecule has 0 amide bonds. The molecule has 0 aromatic carbocycles. The summed E-state index contributed by atoms with van der Waals surface area (Å²) >= 11 is 0. The van der Waals surface area contributed by atoms with Crippen molar-refractivity contribution in [3.63, 3.8) is 0 Å². The van der Waals surface area contributed by atoms with E-state index in [1.165, 1.54) is 24.8 Å². The van der Waals surface area contributed by atoms with Crippen LogP contribution in [0, 0.1) is 12.3 Å². The van der Waals surface area contributed by atoms with Crippen molar-refractivity contribution in [3.8, 4) is 0 Å². The zero-order valence-corrected chi connectivity index (χ0v) is 12.7. The Balaban J connectivity index is 1.66. The molecule has 1 spiro atoms. The highest BCUT2D eigenvalue weighted by molar-refractivity contribution is 5.20. The molecular formula is C16H25N3O. The predicted molar refractivity (Wildman–Crippen MR) is 78.4 cm³/mol. The second kappa shape index (κ2) is 5.41. The van der Waals surface area contributed by atoms with Gasteiger partial charge in [-0.3, -0.25) is 0 Å². The van der Waals surface area contributed by atoms with Gasteiger partial charge in [0.25, 0.3) is 0 Å². The van der Waals surface area contributed by atoms with E-state index in [1.54, 1.807) is 6.33 Å². The van der Waals surface area contributed by atoms with Gasteiger partial charge in [0.05, 0.1) is 6.10 Å². The van der Waals surface area contributed by atoms with Gasteiger partial charge in [-0.2, -0.15) is 0 Å². The first kappa shape index (κ1) is 14.0. The molecule has 0 saturated heterocycles. The number of nitrogens with one attached hydrogen (secondary N) is 1. The van der Waals surface area contributed by atoms with Crippen LogP contribution in [0.4, 0.5) is 0 Å². The maximum Gasteiger partial charge on any atom is 0.115 e. The minimum Gasteiger partial charge on any atom is -0.378 e. The van der Waals surface area contributed by atoms with Crippen molar-refractivity contribution in [2.75, 3.05) is 6.61 Å². The third-order valence-corrected chi connectivity index (χ3v) is 5.30. The van der Waals surface area contributed by atoms with Crippen LogP contribution in [-0.2, 0) is 4.74 Å². The van der Waals surface area contributed by atoms with Crippen LogP contribution in [0.15, 0.2) is 12.5 Å². The lowest BCUT2D eigenvalue weighted by Crippen LogP contribution is -2.67. The maximum atomic E-state index is 5.91. The van der Waals surface area contributed by atoms with Crippen molar-refractivity contribution in [2.45, 2.75) is 64.6 Å². The highest BCUT2D eigenvalue weighted by Gasteiger charge is 2.58. The molecule has 110 valence electrons. The van der Waals surface area contributed by atoms with Crippen molar-refractivity contribution in [2.24, 2.45) is 5.41 Å². The summed E-state index contributed by atoms with van der Waals surface area (Å²) in [5.41, 5.74) is 2.69. The lowest BCUT2D eigenvalue weighted by Gasteiger charge is -2.61. The van der Waals surface area contributed by atoms with Gasteiger partial charge in [-0.15, -0.1) is 0 Å². The van der Waals surface area contributed by atoms with Gasteiger partial charge in [0, 0.05) is 41.6 Å². The Labute approximate surface area is 121 Å². The smallest absolute Gasteiger partial charge is 0.115 e. The summed E-state index contributed by atoms with van der Waals surface area (Å²) in [6, 6.07) is 0.892. The number of ether oxygens (including phenoxy) is 1. The van der Waals surface area contributed by atoms with Crippen LogP contribution in [0.5, 0.6) is 0 Å². The average Bonchev–Trinajstić information content (AvgIpc) is 2.35. The van der Waals surface area contributed by atoms with Gasteiger partial charge in [-0.1, -0.05) is 6.42 Å². The molecule has 20 heavy (non-hydrogen) atoms. The number of aromatic nitrogens is 2. The lowest BCUT2D eigenvalue weighted by atomic mass is 9.51. The van der Waals surface area contributed by atoms with Crippen molar-refractivity contribution >= 4 is 0 Å². The highest BCUT2D eigenvalue weighted by Crippen LogP contribution is 2.57. The van der Waals surface area contributed by atoms with E-state index >= 15 is 0 Å². The van der Waals surface area contributed by atoms with Gasteiger partial charge in [0.15, 0.2) is 0 Å². The molecule has 2 aliphatic rings. The number of hydrogen-bond acceptors (Lipinski definition) is 4. The molecule has 3 rings (SSSR count). The standard InChI is InChI=1S/C16H25N3O/c1-4-20-15-8-14(16(15)6-5-7-16)19-12(3)13-9-17-10-18-11(13)2/h9-10,12,14-15,19H,4-8H2,1-3H3. The Morgan fingerprint density at radius 3 is 2.90 bits per heavy atom. The number of hydrogen-bond donors (Lipinski definition) is 1. The molecule has 3 unspecified atom stereocenters. The summed E-state index contributed by atoms with van der Waals surface area (Å²) in [4.78, 5) is 8.45. The molecule has 2 aliphatic carbocycles. The molecule has 4 heteroatoms. The molecule has 0 aliphatic heterocycles. The number of rotatable bonds is 5. The average molecular weight is 275 g/mol. The van der Waals surface area contributed by atoms with Gasteiger partial charge in [0.1, 0.15) is 6.33 Å². The second-order valence-corrected chi connectivity index (χ2v) is 6.27. The number of aryl methyl sites for hydroxylation is 1. The fraction of sp³-hybridized carbons (Fsp3) is 0.750.